The Hall–Kier alpha value is -0.900. The Morgan fingerprint density at radius 3 is 3.00 bits per heavy atom. The molecule has 0 saturated carbocycles. The van der Waals surface area contributed by atoms with E-state index in [1.54, 1.807) is 6.20 Å². The Kier molecular flexibility index (Phi) is 3.22. The van der Waals surface area contributed by atoms with Gasteiger partial charge in [-0.25, -0.2) is 0 Å². The van der Waals surface area contributed by atoms with Crippen molar-refractivity contribution in [3.63, 3.8) is 0 Å². The maximum Gasteiger partial charge on any atom is 0.155 e. The van der Waals surface area contributed by atoms with Crippen LogP contribution in [0, 0.1) is 0 Å². The minimum atomic E-state index is 0.464. The molecule has 4 heteroatoms. The van der Waals surface area contributed by atoms with Crippen molar-refractivity contribution in [2.45, 2.75) is 6.92 Å². The molecule has 1 heterocycles. The Bertz CT molecular complexity index is 288. The van der Waals surface area contributed by atoms with Crippen LogP contribution in [0.15, 0.2) is 16.9 Å². The molecule has 0 aliphatic heterocycles. The van der Waals surface area contributed by atoms with E-state index in [9.17, 15) is 4.79 Å². The number of pyridine rings is 1. The summed E-state index contributed by atoms with van der Waals surface area (Å²) in [5.41, 5.74) is 0.464. The van der Waals surface area contributed by atoms with E-state index in [1.165, 1.54) is 6.20 Å². The van der Waals surface area contributed by atoms with Crippen molar-refractivity contribution in [3.05, 3.63) is 22.4 Å². The number of hydrogen-bond acceptors (Lipinski definition) is 3. The van der Waals surface area contributed by atoms with Crippen LogP contribution >= 0.6 is 15.9 Å². The summed E-state index contributed by atoms with van der Waals surface area (Å²) in [6.07, 6.45) is 3.80. The van der Waals surface area contributed by atoms with Crippen molar-refractivity contribution in [1.82, 2.24) is 4.98 Å². The zero-order chi connectivity index (χ0) is 8.97. The average Bonchev–Trinajstić information content (AvgIpc) is 2.09. The van der Waals surface area contributed by atoms with Gasteiger partial charge in [0.2, 0.25) is 0 Å². The van der Waals surface area contributed by atoms with Gasteiger partial charge in [-0.2, -0.15) is 0 Å². The number of carbonyl (C=O) groups is 1. The van der Waals surface area contributed by atoms with Gasteiger partial charge in [-0.15, -0.1) is 0 Å². The molecule has 64 valence electrons. The lowest BCUT2D eigenvalue weighted by Gasteiger charge is -2.06. The molecule has 0 saturated heterocycles. The summed E-state index contributed by atoms with van der Waals surface area (Å²) >= 11 is 3.24. The summed E-state index contributed by atoms with van der Waals surface area (Å²) in [6.45, 7) is 2.39. The Labute approximate surface area is 78.9 Å². The molecule has 0 bridgehead atoms. The topological polar surface area (TPSA) is 39.2 Å². The fourth-order valence-electron chi connectivity index (χ4n) is 0.819. The van der Waals surface area contributed by atoms with Crippen molar-refractivity contribution < 1.29 is 9.53 Å². The highest BCUT2D eigenvalue weighted by atomic mass is 79.9. The number of halogens is 1. The molecule has 1 aromatic rings. The largest absolute Gasteiger partial charge is 0.492 e. The van der Waals surface area contributed by atoms with Crippen LogP contribution in [0.4, 0.5) is 0 Å². The number of rotatable bonds is 3. The third kappa shape index (κ3) is 1.82. The van der Waals surface area contributed by atoms with Gasteiger partial charge in [0.15, 0.2) is 6.29 Å². The van der Waals surface area contributed by atoms with Gasteiger partial charge in [-0.05, 0) is 22.9 Å². The van der Waals surface area contributed by atoms with Gasteiger partial charge in [-0.1, -0.05) is 0 Å². The first-order valence-corrected chi connectivity index (χ1v) is 4.30. The molecule has 0 aliphatic carbocycles. The smallest absolute Gasteiger partial charge is 0.155 e. The van der Waals surface area contributed by atoms with Gasteiger partial charge < -0.3 is 4.74 Å². The van der Waals surface area contributed by atoms with Crippen LogP contribution < -0.4 is 4.74 Å². The van der Waals surface area contributed by atoms with Crippen LogP contribution in [0.2, 0.25) is 0 Å². The van der Waals surface area contributed by atoms with E-state index in [4.69, 9.17) is 4.74 Å². The van der Waals surface area contributed by atoms with E-state index < -0.39 is 0 Å². The van der Waals surface area contributed by atoms with Gasteiger partial charge in [0.05, 0.1) is 16.6 Å². The molecule has 0 aromatic carbocycles. The molecule has 0 aliphatic rings. The molecule has 0 N–H and O–H groups in total. The minimum Gasteiger partial charge on any atom is -0.492 e. The summed E-state index contributed by atoms with van der Waals surface area (Å²) in [5.74, 6) is 0.558. The fourth-order valence-corrected chi connectivity index (χ4v) is 1.28. The van der Waals surface area contributed by atoms with Crippen LogP contribution in [0.1, 0.15) is 17.3 Å². The number of ether oxygens (including phenoxy) is 1. The zero-order valence-electron chi connectivity index (χ0n) is 6.58. The lowest BCUT2D eigenvalue weighted by atomic mass is 10.3. The molecule has 12 heavy (non-hydrogen) atoms. The molecule has 0 spiro atoms. The number of hydrogen-bond donors (Lipinski definition) is 0. The molecular formula is C8H8BrNO2. The highest BCUT2D eigenvalue weighted by Crippen LogP contribution is 2.26. The van der Waals surface area contributed by atoms with E-state index >= 15 is 0 Å². The van der Waals surface area contributed by atoms with Gasteiger partial charge in [-0.3, -0.25) is 9.78 Å². The van der Waals surface area contributed by atoms with Crippen molar-refractivity contribution in [1.29, 1.82) is 0 Å². The Balaban J connectivity index is 3.10. The molecule has 0 atom stereocenters. The quantitative estimate of drug-likeness (QED) is 0.746. The number of aromatic nitrogens is 1. The lowest BCUT2D eigenvalue weighted by molar-refractivity contribution is 0.111. The van der Waals surface area contributed by atoms with Crippen LogP contribution in [-0.2, 0) is 0 Å². The summed E-state index contributed by atoms with van der Waals surface area (Å²) in [7, 11) is 0. The first-order chi connectivity index (χ1) is 5.79. The molecule has 0 amide bonds. The maximum absolute atomic E-state index is 10.5. The second-order valence-electron chi connectivity index (χ2n) is 2.09. The fraction of sp³-hybridized carbons (Fsp3) is 0.250. The van der Waals surface area contributed by atoms with Crippen molar-refractivity contribution >= 4 is 22.2 Å². The predicted molar refractivity (Wildman–Crippen MR) is 48.5 cm³/mol. The number of carbonyl (C=O) groups excluding carboxylic acids is 1. The monoisotopic (exact) mass is 229 g/mol. The Morgan fingerprint density at radius 2 is 2.42 bits per heavy atom. The zero-order valence-corrected chi connectivity index (χ0v) is 8.17. The summed E-state index contributed by atoms with van der Waals surface area (Å²) in [5, 5.41) is 0. The third-order valence-electron chi connectivity index (χ3n) is 1.30. The van der Waals surface area contributed by atoms with Crippen LogP contribution in [-0.4, -0.2) is 17.9 Å². The van der Waals surface area contributed by atoms with Crippen LogP contribution in [0.5, 0.6) is 5.75 Å². The van der Waals surface area contributed by atoms with E-state index in [0.717, 1.165) is 6.29 Å². The van der Waals surface area contributed by atoms with Crippen LogP contribution in [0.25, 0.3) is 0 Å². The van der Waals surface area contributed by atoms with E-state index in [-0.39, 0.29) is 0 Å². The predicted octanol–water partition coefficient (Wildman–Crippen LogP) is 2.06. The van der Waals surface area contributed by atoms with Gasteiger partial charge in [0.25, 0.3) is 0 Å². The molecular weight excluding hydrogens is 222 g/mol. The van der Waals surface area contributed by atoms with E-state index in [2.05, 4.69) is 20.9 Å². The summed E-state index contributed by atoms with van der Waals surface area (Å²) in [6, 6.07) is 0. The normalized spacial score (nSPS) is 9.50. The molecule has 0 fully saturated rings. The van der Waals surface area contributed by atoms with Crippen molar-refractivity contribution in [2.24, 2.45) is 0 Å². The van der Waals surface area contributed by atoms with E-state index in [0.29, 0.717) is 22.4 Å². The van der Waals surface area contributed by atoms with E-state index in [1.807, 2.05) is 6.92 Å². The summed E-state index contributed by atoms with van der Waals surface area (Å²) in [4.78, 5) is 14.4. The lowest BCUT2D eigenvalue weighted by Crippen LogP contribution is -1.97. The number of nitrogens with zero attached hydrogens (tertiary/aromatic N) is 1. The van der Waals surface area contributed by atoms with Gasteiger partial charge >= 0.3 is 0 Å². The molecule has 3 nitrogen and oxygen atoms in total. The van der Waals surface area contributed by atoms with Gasteiger partial charge in [0.1, 0.15) is 5.75 Å². The first kappa shape index (κ1) is 9.19. The van der Waals surface area contributed by atoms with Gasteiger partial charge in [0, 0.05) is 12.4 Å². The second-order valence-corrected chi connectivity index (χ2v) is 2.94. The number of aldehydes is 1. The molecule has 1 aromatic heterocycles. The maximum atomic E-state index is 10.5. The first-order valence-electron chi connectivity index (χ1n) is 3.51. The average molecular weight is 230 g/mol. The van der Waals surface area contributed by atoms with Crippen LogP contribution in [0.3, 0.4) is 0 Å². The SMILES string of the molecule is CCOc1c(Br)cncc1C=O. The third-order valence-corrected chi connectivity index (χ3v) is 1.86. The molecule has 1 rings (SSSR count). The standard InChI is InChI=1S/C8H8BrNO2/c1-2-12-8-6(5-11)3-10-4-7(8)9/h3-5H,2H2,1H3. The van der Waals surface area contributed by atoms with Crippen molar-refractivity contribution in [3.8, 4) is 5.75 Å². The highest BCUT2D eigenvalue weighted by Gasteiger charge is 2.06. The Morgan fingerprint density at radius 1 is 1.67 bits per heavy atom. The molecule has 0 radical (unpaired) electrons. The molecule has 0 unspecified atom stereocenters. The summed E-state index contributed by atoms with van der Waals surface area (Å²) < 4.78 is 5.94. The second kappa shape index (κ2) is 4.21. The van der Waals surface area contributed by atoms with Crippen molar-refractivity contribution in [2.75, 3.05) is 6.61 Å². The highest BCUT2D eigenvalue weighted by molar-refractivity contribution is 9.10. The minimum absolute atomic E-state index is 0.464.